The molecule has 2 heterocycles. The maximum absolute atomic E-state index is 12.5. The summed E-state index contributed by atoms with van der Waals surface area (Å²) in [6.45, 7) is 7.23. The average molecular weight is 295 g/mol. The average Bonchev–Trinajstić information content (AvgIpc) is 3.01. The number of hydrogen-bond acceptors (Lipinski definition) is 3. The predicted octanol–water partition coefficient (Wildman–Crippen LogP) is 1.36. The highest BCUT2D eigenvalue weighted by Crippen LogP contribution is 2.24. The standard InChI is InChI=1S/C15H25N3O3/c1-11(2)6-7-15(3)13(20)18(14(21)16-15)10-12(19)17-8-4-5-9-17/h11H,4-10H2,1-3H3,(H,16,21)/t15-/m0/s1. The molecule has 2 rings (SSSR count). The van der Waals surface area contributed by atoms with Crippen LogP contribution in [0.4, 0.5) is 4.79 Å². The number of imide groups is 1. The highest BCUT2D eigenvalue weighted by Gasteiger charge is 2.48. The number of nitrogens with zero attached hydrogens (tertiary/aromatic N) is 2. The zero-order valence-corrected chi connectivity index (χ0v) is 13.1. The lowest BCUT2D eigenvalue weighted by molar-refractivity contribution is -0.138. The van der Waals surface area contributed by atoms with Gasteiger partial charge in [0, 0.05) is 13.1 Å². The predicted molar refractivity (Wildman–Crippen MR) is 78.5 cm³/mol. The maximum Gasteiger partial charge on any atom is 0.325 e. The number of rotatable bonds is 5. The number of carbonyl (C=O) groups excluding carboxylic acids is 3. The molecule has 2 saturated heterocycles. The SMILES string of the molecule is CC(C)CC[C@]1(C)NC(=O)N(CC(=O)N2CCCC2)C1=O. The fourth-order valence-corrected chi connectivity index (χ4v) is 2.84. The summed E-state index contributed by atoms with van der Waals surface area (Å²) in [5, 5.41) is 2.75. The Morgan fingerprint density at radius 2 is 1.90 bits per heavy atom. The smallest absolute Gasteiger partial charge is 0.325 e. The molecule has 1 N–H and O–H groups in total. The highest BCUT2D eigenvalue weighted by atomic mass is 16.2. The van der Waals surface area contributed by atoms with Crippen molar-refractivity contribution in [2.75, 3.05) is 19.6 Å². The summed E-state index contributed by atoms with van der Waals surface area (Å²) >= 11 is 0. The lowest BCUT2D eigenvalue weighted by Crippen LogP contribution is -2.45. The van der Waals surface area contributed by atoms with Gasteiger partial charge in [-0.3, -0.25) is 14.5 Å². The van der Waals surface area contributed by atoms with E-state index in [1.54, 1.807) is 11.8 Å². The Hall–Kier alpha value is -1.59. The van der Waals surface area contributed by atoms with Gasteiger partial charge in [0.15, 0.2) is 0 Å². The van der Waals surface area contributed by atoms with Crippen LogP contribution >= 0.6 is 0 Å². The second kappa shape index (κ2) is 6.03. The van der Waals surface area contributed by atoms with Crippen molar-refractivity contribution >= 4 is 17.8 Å². The van der Waals surface area contributed by atoms with Gasteiger partial charge in [0.2, 0.25) is 5.91 Å². The Bertz CT molecular complexity index is 443. The fourth-order valence-electron chi connectivity index (χ4n) is 2.84. The number of amides is 4. The third-order valence-electron chi connectivity index (χ3n) is 4.32. The summed E-state index contributed by atoms with van der Waals surface area (Å²) in [7, 11) is 0. The minimum absolute atomic E-state index is 0.135. The van der Waals surface area contributed by atoms with E-state index < -0.39 is 11.6 Å². The van der Waals surface area contributed by atoms with E-state index >= 15 is 0 Å². The van der Waals surface area contributed by atoms with Crippen molar-refractivity contribution < 1.29 is 14.4 Å². The molecule has 0 aliphatic carbocycles. The molecule has 0 radical (unpaired) electrons. The van der Waals surface area contributed by atoms with Gasteiger partial charge >= 0.3 is 6.03 Å². The monoisotopic (exact) mass is 295 g/mol. The Labute approximate surface area is 125 Å². The van der Waals surface area contributed by atoms with Crippen LogP contribution in [0.1, 0.15) is 46.5 Å². The van der Waals surface area contributed by atoms with E-state index in [-0.39, 0.29) is 18.4 Å². The first kappa shape index (κ1) is 15.8. The van der Waals surface area contributed by atoms with Crippen LogP contribution < -0.4 is 5.32 Å². The summed E-state index contributed by atoms with van der Waals surface area (Å²) in [6, 6.07) is -0.446. The van der Waals surface area contributed by atoms with Gasteiger partial charge in [-0.15, -0.1) is 0 Å². The quantitative estimate of drug-likeness (QED) is 0.779. The van der Waals surface area contributed by atoms with E-state index in [1.165, 1.54) is 0 Å². The van der Waals surface area contributed by atoms with E-state index in [2.05, 4.69) is 19.2 Å². The summed E-state index contributed by atoms with van der Waals surface area (Å²) in [5.74, 6) is 0.0524. The van der Waals surface area contributed by atoms with Crippen molar-refractivity contribution in [2.24, 2.45) is 5.92 Å². The Morgan fingerprint density at radius 1 is 1.29 bits per heavy atom. The molecule has 0 unspecified atom stereocenters. The van der Waals surface area contributed by atoms with Gasteiger partial charge in [0.1, 0.15) is 12.1 Å². The van der Waals surface area contributed by atoms with Crippen molar-refractivity contribution in [2.45, 2.75) is 52.0 Å². The molecule has 6 nitrogen and oxygen atoms in total. The van der Waals surface area contributed by atoms with Crippen molar-refractivity contribution in [1.29, 1.82) is 0 Å². The van der Waals surface area contributed by atoms with Gasteiger partial charge < -0.3 is 10.2 Å². The molecule has 0 aromatic heterocycles. The molecule has 4 amide bonds. The summed E-state index contributed by atoms with van der Waals surface area (Å²) in [5.41, 5.74) is -0.868. The number of likely N-dealkylation sites (tertiary alicyclic amines) is 1. The van der Waals surface area contributed by atoms with Gasteiger partial charge in [-0.05, 0) is 38.5 Å². The third-order valence-corrected chi connectivity index (χ3v) is 4.32. The zero-order chi connectivity index (χ0) is 15.6. The molecule has 0 aromatic carbocycles. The molecular weight excluding hydrogens is 270 g/mol. The highest BCUT2D eigenvalue weighted by molar-refractivity contribution is 6.08. The Kier molecular flexibility index (Phi) is 4.54. The Balaban J connectivity index is 1.99. The molecule has 2 aliphatic heterocycles. The summed E-state index contributed by atoms with van der Waals surface area (Å²) < 4.78 is 0. The van der Waals surface area contributed by atoms with Crippen molar-refractivity contribution in [3.8, 4) is 0 Å². The molecule has 21 heavy (non-hydrogen) atoms. The van der Waals surface area contributed by atoms with E-state index in [1.807, 2.05) is 0 Å². The van der Waals surface area contributed by atoms with Gasteiger partial charge in [0.25, 0.3) is 5.91 Å². The summed E-state index contributed by atoms with van der Waals surface area (Å²) in [6.07, 6.45) is 3.45. The fraction of sp³-hybridized carbons (Fsp3) is 0.800. The second-order valence-electron chi connectivity index (χ2n) is 6.67. The van der Waals surface area contributed by atoms with Gasteiger partial charge in [-0.1, -0.05) is 13.8 Å². The summed E-state index contributed by atoms with van der Waals surface area (Å²) in [4.78, 5) is 39.4. The molecule has 0 saturated carbocycles. The van der Waals surface area contributed by atoms with Crippen LogP contribution in [0.3, 0.4) is 0 Å². The van der Waals surface area contributed by atoms with E-state index in [0.717, 1.165) is 37.3 Å². The first-order chi connectivity index (χ1) is 9.83. The number of nitrogens with one attached hydrogen (secondary N) is 1. The van der Waals surface area contributed by atoms with Crippen LogP contribution in [0, 0.1) is 5.92 Å². The largest absolute Gasteiger partial charge is 0.341 e. The molecular formula is C15H25N3O3. The maximum atomic E-state index is 12.5. The van der Waals surface area contributed by atoms with Crippen LogP contribution in [-0.4, -0.2) is 52.8 Å². The van der Waals surface area contributed by atoms with Gasteiger partial charge in [-0.25, -0.2) is 4.79 Å². The molecule has 2 fully saturated rings. The lowest BCUT2D eigenvalue weighted by Gasteiger charge is -2.23. The molecule has 2 aliphatic rings. The molecule has 1 atom stereocenters. The van der Waals surface area contributed by atoms with Crippen molar-refractivity contribution in [3.63, 3.8) is 0 Å². The third kappa shape index (κ3) is 3.36. The zero-order valence-electron chi connectivity index (χ0n) is 13.1. The number of carbonyl (C=O) groups is 3. The van der Waals surface area contributed by atoms with Crippen LogP contribution in [0.15, 0.2) is 0 Å². The lowest BCUT2D eigenvalue weighted by atomic mass is 9.92. The van der Waals surface area contributed by atoms with Crippen molar-refractivity contribution in [3.05, 3.63) is 0 Å². The molecule has 0 bridgehead atoms. The number of hydrogen-bond donors (Lipinski definition) is 1. The topological polar surface area (TPSA) is 69.7 Å². The van der Waals surface area contributed by atoms with E-state index in [0.29, 0.717) is 12.3 Å². The minimum Gasteiger partial charge on any atom is -0.341 e. The van der Waals surface area contributed by atoms with Crippen LogP contribution in [0.2, 0.25) is 0 Å². The normalized spacial score (nSPS) is 25.9. The van der Waals surface area contributed by atoms with E-state index in [9.17, 15) is 14.4 Å². The molecule has 0 aromatic rings. The van der Waals surface area contributed by atoms with Crippen molar-refractivity contribution in [1.82, 2.24) is 15.1 Å². The van der Waals surface area contributed by atoms with Crippen LogP contribution in [-0.2, 0) is 9.59 Å². The Morgan fingerprint density at radius 3 is 2.48 bits per heavy atom. The molecule has 6 heteroatoms. The molecule has 0 spiro atoms. The first-order valence-electron chi connectivity index (χ1n) is 7.75. The minimum atomic E-state index is -0.868. The van der Waals surface area contributed by atoms with Gasteiger partial charge in [-0.2, -0.15) is 0 Å². The second-order valence-corrected chi connectivity index (χ2v) is 6.67. The van der Waals surface area contributed by atoms with Crippen LogP contribution in [0.25, 0.3) is 0 Å². The van der Waals surface area contributed by atoms with E-state index in [4.69, 9.17) is 0 Å². The first-order valence-corrected chi connectivity index (χ1v) is 7.75. The molecule has 118 valence electrons. The number of urea groups is 1. The van der Waals surface area contributed by atoms with Crippen LogP contribution in [0.5, 0.6) is 0 Å². The van der Waals surface area contributed by atoms with Gasteiger partial charge in [0.05, 0.1) is 0 Å².